The minimum atomic E-state index is 1.15. The van der Waals surface area contributed by atoms with Crippen LogP contribution in [0.5, 0.6) is 0 Å². The van der Waals surface area contributed by atoms with Crippen molar-refractivity contribution in [2.45, 2.75) is 5.75 Å². The molecule has 1 aromatic rings. The van der Waals surface area contributed by atoms with Gasteiger partial charge in [0, 0.05) is 17.6 Å². The quantitative estimate of drug-likeness (QED) is 0.509. The first-order chi connectivity index (χ1) is 3.97. The van der Waals surface area contributed by atoms with E-state index in [4.69, 9.17) is 0 Å². The van der Waals surface area contributed by atoms with E-state index in [1.807, 2.05) is 11.8 Å². The molecule has 0 atom stereocenters. The molecule has 0 N–H and O–H groups in total. The third-order valence-corrected chi connectivity index (χ3v) is 2.12. The molecule has 0 saturated heterocycles. The van der Waals surface area contributed by atoms with E-state index in [2.05, 4.69) is 28.8 Å². The summed E-state index contributed by atoms with van der Waals surface area (Å²) in [6.07, 6.45) is 2.08. The maximum absolute atomic E-state index is 2.16. The molecule has 2 heterocycles. The Morgan fingerprint density at radius 1 is 1.62 bits per heavy atom. The summed E-state index contributed by atoms with van der Waals surface area (Å²) in [4.78, 5) is 0. The van der Waals surface area contributed by atoms with Crippen LogP contribution in [0.2, 0.25) is 0 Å². The van der Waals surface area contributed by atoms with Gasteiger partial charge in [-0.1, -0.05) is 0 Å². The molecule has 0 saturated carbocycles. The highest BCUT2D eigenvalue weighted by Gasteiger charge is 2.07. The van der Waals surface area contributed by atoms with Gasteiger partial charge in [0.15, 0.2) is 0 Å². The Hall–Kier alpha value is -0.370. The van der Waals surface area contributed by atoms with E-state index < -0.39 is 0 Å². The molecule has 0 amide bonds. The molecular weight excluding hydrogens is 118 g/mol. The number of nitrogens with zero attached hydrogens (tertiary/aromatic N) is 1. The fraction of sp³-hybridized carbons (Fsp3) is 0.167. The molecule has 0 spiro atoms. The topological polar surface area (TPSA) is 4.93 Å². The van der Waals surface area contributed by atoms with Crippen LogP contribution < -0.4 is 0 Å². The number of thioether (sulfide) groups is 1. The van der Waals surface area contributed by atoms with Crippen molar-refractivity contribution in [3.05, 3.63) is 29.9 Å². The predicted octanol–water partition coefficient (Wildman–Crippen LogP) is 1.70. The Morgan fingerprint density at radius 3 is 3.50 bits per heavy atom. The lowest BCUT2D eigenvalue weighted by Gasteiger charge is -1.87. The zero-order chi connectivity index (χ0) is 5.40. The Morgan fingerprint density at radius 2 is 2.62 bits per heavy atom. The number of rotatable bonds is 0. The number of aromatic nitrogens is 1. The van der Waals surface area contributed by atoms with E-state index in [0.29, 0.717) is 0 Å². The van der Waals surface area contributed by atoms with Crippen molar-refractivity contribution in [1.82, 2.24) is 4.57 Å². The van der Waals surface area contributed by atoms with Crippen molar-refractivity contribution >= 4 is 11.8 Å². The van der Waals surface area contributed by atoms with Crippen LogP contribution in [0.25, 0.3) is 0 Å². The van der Waals surface area contributed by atoms with E-state index in [1.165, 1.54) is 5.69 Å². The van der Waals surface area contributed by atoms with Crippen LogP contribution in [0.4, 0.5) is 0 Å². The van der Waals surface area contributed by atoms with Gasteiger partial charge in [-0.05, 0) is 12.1 Å². The molecule has 1 aromatic heterocycles. The first-order valence-electron chi connectivity index (χ1n) is 2.57. The summed E-state index contributed by atoms with van der Waals surface area (Å²) < 4.78 is 2.16. The fourth-order valence-corrected chi connectivity index (χ4v) is 1.71. The SMILES string of the molecule is [CH]1SCc2cccn21. The van der Waals surface area contributed by atoms with Crippen LogP contribution in [0.1, 0.15) is 5.69 Å². The third kappa shape index (κ3) is 0.494. The standard InChI is InChI=1S/C6H6NS/c1-2-6-4-8-5-7(6)3-1/h1-3,5H,4H2. The minimum Gasteiger partial charge on any atom is -0.335 e. The Bertz CT molecular complexity index is 174. The average Bonchev–Trinajstić information content (AvgIpc) is 2.15. The van der Waals surface area contributed by atoms with E-state index in [1.54, 1.807) is 0 Å². The molecule has 1 nitrogen and oxygen atoms in total. The lowest BCUT2D eigenvalue weighted by Crippen LogP contribution is -1.83. The fourth-order valence-electron chi connectivity index (χ4n) is 0.857. The second kappa shape index (κ2) is 1.55. The summed E-state index contributed by atoms with van der Waals surface area (Å²) in [5, 5.41) is 0. The van der Waals surface area contributed by atoms with Crippen LogP contribution in [0.3, 0.4) is 0 Å². The second-order valence-electron chi connectivity index (χ2n) is 1.82. The predicted molar refractivity (Wildman–Crippen MR) is 35.4 cm³/mol. The Kier molecular flexibility index (Phi) is 0.875. The van der Waals surface area contributed by atoms with E-state index >= 15 is 0 Å². The molecule has 0 bridgehead atoms. The Balaban J connectivity index is 2.54. The van der Waals surface area contributed by atoms with Crippen molar-refractivity contribution < 1.29 is 0 Å². The largest absolute Gasteiger partial charge is 0.335 e. The maximum atomic E-state index is 2.16. The van der Waals surface area contributed by atoms with Gasteiger partial charge in [-0.25, -0.2) is 0 Å². The second-order valence-corrected chi connectivity index (χ2v) is 2.66. The van der Waals surface area contributed by atoms with Gasteiger partial charge in [-0.2, -0.15) is 0 Å². The van der Waals surface area contributed by atoms with Crippen molar-refractivity contribution in [3.8, 4) is 0 Å². The molecule has 1 aliphatic rings. The van der Waals surface area contributed by atoms with Gasteiger partial charge in [0.05, 0.1) is 0 Å². The van der Waals surface area contributed by atoms with Crippen LogP contribution in [-0.4, -0.2) is 4.57 Å². The van der Waals surface area contributed by atoms with Gasteiger partial charge in [0.25, 0.3) is 0 Å². The number of hydrogen-bond acceptors (Lipinski definition) is 1. The summed E-state index contributed by atoms with van der Waals surface area (Å²) in [5.74, 6) is 3.28. The van der Waals surface area contributed by atoms with Gasteiger partial charge in [-0.3, -0.25) is 0 Å². The van der Waals surface area contributed by atoms with Gasteiger partial charge in [0.1, 0.15) is 5.88 Å². The molecule has 0 fully saturated rings. The van der Waals surface area contributed by atoms with Gasteiger partial charge in [-0.15, -0.1) is 11.8 Å². The van der Waals surface area contributed by atoms with E-state index in [0.717, 1.165) is 5.75 Å². The summed E-state index contributed by atoms with van der Waals surface area (Å²) in [6, 6.07) is 4.22. The molecule has 0 aliphatic carbocycles. The Labute approximate surface area is 52.7 Å². The lowest BCUT2D eigenvalue weighted by atomic mass is 10.5. The van der Waals surface area contributed by atoms with Gasteiger partial charge < -0.3 is 4.57 Å². The molecule has 1 aliphatic heterocycles. The highest BCUT2D eigenvalue weighted by Crippen LogP contribution is 2.24. The van der Waals surface area contributed by atoms with Gasteiger partial charge >= 0.3 is 0 Å². The third-order valence-electron chi connectivity index (χ3n) is 1.29. The molecule has 0 aromatic carbocycles. The highest BCUT2D eigenvalue weighted by atomic mass is 32.2. The summed E-state index contributed by atoms with van der Waals surface area (Å²) in [5.41, 5.74) is 1.41. The average molecular weight is 124 g/mol. The van der Waals surface area contributed by atoms with E-state index in [-0.39, 0.29) is 0 Å². The zero-order valence-electron chi connectivity index (χ0n) is 4.37. The van der Waals surface area contributed by atoms with Crippen LogP contribution in [0, 0.1) is 5.88 Å². The molecule has 2 rings (SSSR count). The molecule has 8 heavy (non-hydrogen) atoms. The van der Waals surface area contributed by atoms with Crippen molar-refractivity contribution in [2.24, 2.45) is 0 Å². The van der Waals surface area contributed by atoms with Crippen LogP contribution in [-0.2, 0) is 5.75 Å². The summed E-state index contributed by atoms with van der Waals surface area (Å²) in [7, 11) is 0. The number of fused-ring (bicyclic) bond motifs is 1. The molecular formula is C6H6NS. The van der Waals surface area contributed by atoms with Gasteiger partial charge in [0.2, 0.25) is 0 Å². The molecule has 0 unspecified atom stereocenters. The first-order valence-corrected chi connectivity index (χ1v) is 3.62. The van der Waals surface area contributed by atoms with E-state index in [9.17, 15) is 0 Å². The summed E-state index contributed by atoms with van der Waals surface area (Å²) >= 11 is 1.85. The zero-order valence-corrected chi connectivity index (χ0v) is 5.19. The van der Waals surface area contributed by atoms with Crippen LogP contribution in [0.15, 0.2) is 18.3 Å². The maximum Gasteiger partial charge on any atom is 0.109 e. The smallest absolute Gasteiger partial charge is 0.109 e. The highest BCUT2D eigenvalue weighted by molar-refractivity contribution is 8.00. The monoisotopic (exact) mass is 124 g/mol. The molecule has 2 heteroatoms. The normalized spacial score (nSPS) is 16.5. The van der Waals surface area contributed by atoms with Crippen LogP contribution >= 0.6 is 11.8 Å². The lowest BCUT2D eigenvalue weighted by molar-refractivity contribution is 1.02. The van der Waals surface area contributed by atoms with Crippen molar-refractivity contribution in [2.75, 3.05) is 0 Å². The first kappa shape index (κ1) is 4.50. The minimum absolute atomic E-state index is 1.15. The molecule has 41 valence electrons. The van der Waals surface area contributed by atoms with Crippen molar-refractivity contribution in [1.29, 1.82) is 0 Å². The molecule has 1 radical (unpaired) electrons. The number of hydrogen-bond donors (Lipinski definition) is 0. The van der Waals surface area contributed by atoms with Crippen molar-refractivity contribution in [3.63, 3.8) is 0 Å². The summed E-state index contributed by atoms with van der Waals surface area (Å²) in [6.45, 7) is 0.